The highest BCUT2D eigenvalue weighted by atomic mass is 16.5. The summed E-state index contributed by atoms with van der Waals surface area (Å²) in [5, 5.41) is 3.13. The predicted octanol–water partition coefficient (Wildman–Crippen LogP) is 2.19. The van der Waals surface area contributed by atoms with E-state index in [1.165, 1.54) is 7.11 Å². The van der Waals surface area contributed by atoms with Crippen molar-refractivity contribution >= 4 is 34.5 Å². The number of para-hydroxylation sites is 2. The molecule has 2 amide bonds. The Morgan fingerprint density at radius 2 is 2.03 bits per heavy atom. The highest BCUT2D eigenvalue weighted by Crippen LogP contribution is 2.25. The van der Waals surface area contributed by atoms with Gasteiger partial charge in [0.2, 0.25) is 5.91 Å². The monoisotopic (exact) mass is 449 g/mol. The van der Waals surface area contributed by atoms with Crippen molar-refractivity contribution in [3.63, 3.8) is 0 Å². The number of hydrogen-bond acceptors (Lipinski definition) is 6. The Hall–Kier alpha value is -3.88. The minimum Gasteiger partial charge on any atom is -0.469 e. The molecule has 2 heterocycles. The molecule has 1 atom stereocenters. The zero-order chi connectivity index (χ0) is 23.5. The van der Waals surface area contributed by atoms with Crippen molar-refractivity contribution in [3.05, 3.63) is 59.4 Å². The Labute approximate surface area is 191 Å². The maximum absolute atomic E-state index is 13.0. The van der Waals surface area contributed by atoms with E-state index in [1.807, 2.05) is 24.3 Å². The summed E-state index contributed by atoms with van der Waals surface area (Å²) in [6.07, 6.45) is 0.542. The number of aromatic amines is 1. The molecule has 0 fully saturated rings. The molecule has 172 valence electrons. The summed E-state index contributed by atoms with van der Waals surface area (Å²) in [6.45, 7) is 0.843. The Balaban J connectivity index is 1.46. The standard InChI is InChI=1S/C24H27N5O4/c1-28(11-10-21-26-18-6-4-5-7-19(18)27-21)23(31)15-8-9-17-16(12-15)14-29(2)24(32)20(25-17)13-22(30)33-3/h4-9,12,20,25H,10-11,13-14H2,1-3H3,(H,26,27). The molecule has 9 heteroatoms. The van der Waals surface area contributed by atoms with Gasteiger partial charge in [-0.3, -0.25) is 14.4 Å². The van der Waals surface area contributed by atoms with Crippen molar-refractivity contribution in [1.29, 1.82) is 0 Å². The van der Waals surface area contributed by atoms with Crippen molar-refractivity contribution in [1.82, 2.24) is 19.8 Å². The molecule has 0 bridgehead atoms. The molecule has 1 aliphatic heterocycles. The Morgan fingerprint density at radius 1 is 1.24 bits per heavy atom. The molecule has 9 nitrogen and oxygen atoms in total. The number of benzene rings is 2. The van der Waals surface area contributed by atoms with Gasteiger partial charge in [0, 0.05) is 44.9 Å². The summed E-state index contributed by atoms with van der Waals surface area (Å²) in [7, 11) is 4.73. The van der Waals surface area contributed by atoms with Crippen molar-refractivity contribution in [2.24, 2.45) is 0 Å². The van der Waals surface area contributed by atoms with Gasteiger partial charge < -0.3 is 24.8 Å². The van der Waals surface area contributed by atoms with E-state index in [1.54, 1.807) is 42.1 Å². The maximum atomic E-state index is 13.0. The summed E-state index contributed by atoms with van der Waals surface area (Å²) in [4.78, 5) is 48.4. The van der Waals surface area contributed by atoms with Gasteiger partial charge in [0.15, 0.2) is 0 Å². The molecular weight excluding hydrogens is 422 g/mol. The maximum Gasteiger partial charge on any atom is 0.308 e. The van der Waals surface area contributed by atoms with Crippen LogP contribution in [-0.2, 0) is 27.3 Å². The summed E-state index contributed by atoms with van der Waals surface area (Å²) in [6, 6.07) is 12.4. The number of rotatable bonds is 6. The number of esters is 1. The molecule has 1 aromatic heterocycles. The molecule has 33 heavy (non-hydrogen) atoms. The van der Waals surface area contributed by atoms with E-state index >= 15 is 0 Å². The van der Waals surface area contributed by atoms with Crippen LogP contribution in [0.15, 0.2) is 42.5 Å². The number of carbonyl (C=O) groups excluding carboxylic acids is 3. The van der Waals surface area contributed by atoms with Crippen LogP contribution in [0.4, 0.5) is 5.69 Å². The highest BCUT2D eigenvalue weighted by molar-refractivity contribution is 5.95. The van der Waals surface area contributed by atoms with E-state index in [0.717, 1.165) is 28.1 Å². The third-order valence-corrected chi connectivity index (χ3v) is 5.83. The smallest absolute Gasteiger partial charge is 0.308 e. The number of H-pyrrole nitrogens is 1. The minimum absolute atomic E-state index is 0.0652. The van der Waals surface area contributed by atoms with Gasteiger partial charge in [-0.25, -0.2) is 4.98 Å². The van der Waals surface area contributed by atoms with Crippen molar-refractivity contribution in [2.75, 3.05) is 33.1 Å². The second-order valence-electron chi connectivity index (χ2n) is 8.22. The number of imidazole rings is 1. The van der Waals surface area contributed by atoms with Gasteiger partial charge in [-0.1, -0.05) is 12.1 Å². The van der Waals surface area contributed by atoms with Crippen LogP contribution in [0, 0.1) is 0 Å². The van der Waals surface area contributed by atoms with Crippen LogP contribution in [-0.4, -0.2) is 71.3 Å². The first kappa shape index (κ1) is 22.3. The average Bonchev–Trinajstić information content (AvgIpc) is 3.20. The SMILES string of the molecule is COC(=O)CC1Nc2ccc(C(=O)N(C)CCc3nc4ccccc4[nH]3)cc2CN(C)C1=O. The fourth-order valence-corrected chi connectivity index (χ4v) is 3.96. The fraction of sp³-hybridized carbons (Fsp3) is 0.333. The molecule has 0 radical (unpaired) electrons. The lowest BCUT2D eigenvalue weighted by Crippen LogP contribution is -2.39. The summed E-state index contributed by atoms with van der Waals surface area (Å²) >= 11 is 0. The molecule has 2 aromatic carbocycles. The van der Waals surface area contributed by atoms with Crippen LogP contribution < -0.4 is 5.32 Å². The van der Waals surface area contributed by atoms with Gasteiger partial charge in [-0.2, -0.15) is 0 Å². The number of nitrogens with zero attached hydrogens (tertiary/aromatic N) is 3. The van der Waals surface area contributed by atoms with E-state index in [0.29, 0.717) is 25.1 Å². The third-order valence-electron chi connectivity index (χ3n) is 5.83. The van der Waals surface area contributed by atoms with Crippen LogP contribution in [0.1, 0.15) is 28.2 Å². The minimum atomic E-state index is -0.711. The first-order valence-electron chi connectivity index (χ1n) is 10.8. The summed E-state index contributed by atoms with van der Waals surface area (Å²) in [5.74, 6) is 0.0556. The Bertz CT molecular complexity index is 1170. The number of methoxy groups -OCH3 is 1. The largest absolute Gasteiger partial charge is 0.469 e. The van der Waals surface area contributed by atoms with Crippen LogP contribution in [0.5, 0.6) is 0 Å². The Morgan fingerprint density at radius 3 is 2.79 bits per heavy atom. The zero-order valence-corrected chi connectivity index (χ0v) is 18.9. The zero-order valence-electron chi connectivity index (χ0n) is 18.9. The van der Waals surface area contributed by atoms with Crippen LogP contribution in [0.3, 0.4) is 0 Å². The average molecular weight is 450 g/mol. The van der Waals surface area contributed by atoms with Gasteiger partial charge >= 0.3 is 5.97 Å². The molecule has 2 N–H and O–H groups in total. The normalized spacial score (nSPS) is 15.5. The molecule has 0 saturated heterocycles. The molecular formula is C24H27N5O4. The number of likely N-dealkylation sites (N-methyl/N-ethyl adjacent to an activating group) is 2. The number of carbonyl (C=O) groups is 3. The van der Waals surface area contributed by atoms with Crippen LogP contribution >= 0.6 is 0 Å². The number of amides is 2. The second kappa shape index (κ2) is 9.32. The molecule has 1 unspecified atom stereocenters. The molecule has 0 saturated carbocycles. The predicted molar refractivity (Wildman–Crippen MR) is 124 cm³/mol. The van der Waals surface area contributed by atoms with Crippen molar-refractivity contribution in [2.45, 2.75) is 25.4 Å². The lowest BCUT2D eigenvalue weighted by molar-refractivity contribution is -0.143. The van der Waals surface area contributed by atoms with E-state index in [2.05, 4.69) is 15.3 Å². The molecule has 0 aliphatic carbocycles. The number of nitrogens with one attached hydrogen (secondary N) is 2. The highest BCUT2D eigenvalue weighted by Gasteiger charge is 2.29. The van der Waals surface area contributed by atoms with Gasteiger partial charge in [0.1, 0.15) is 11.9 Å². The number of anilines is 1. The lowest BCUT2D eigenvalue weighted by Gasteiger charge is -2.19. The van der Waals surface area contributed by atoms with Crippen molar-refractivity contribution < 1.29 is 19.1 Å². The molecule has 3 aromatic rings. The molecule has 4 rings (SSSR count). The van der Waals surface area contributed by atoms with Gasteiger partial charge in [-0.15, -0.1) is 0 Å². The Kier molecular flexibility index (Phi) is 6.30. The van der Waals surface area contributed by atoms with Crippen LogP contribution in [0.2, 0.25) is 0 Å². The first-order valence-corrected chi connectivity index (χ1v) is 10.8. The third kappa shape index (κ3) is 4.82. The van der Waals surface area contributed by atoms with E-state index in [9.17, 15) is 14.4 Å². The van der Waals surface area contributed by atoms with Gasteiger partial charge in [0.05, 0.1) is 24.6 Å². The number of fused-ring (bicyclic) bond motifs is 2. The first-order chi connectivity index (χ1) is 15.9. The number of hydrogen-bond donors (Lipinski definition) is 2. The quantitative estimate of drug-likeness (QED) is 0.559. The second-order valence-corrected chi connectivity index (χ2v) is 8.22. The fourth-order valence-electron chi connectivity index (χ4n) is 3.96. The van der Waals surface area contributed by atoms with E-state index in [4.69, 9.17) is 4.74 Å². The van der Waals surface area contributed by atoms with Gasteiger partial charge in [-0.05, 0) is 35.9 Å². The van der Waals surface area contributed by atoms with E-state index < -0.39 is 12.0 Å². The lowest BCUT2D eigenvalue weighted by atomic mass is 10.1. The summed E-state index contributed by atoms with van der Waals surface area (Å²) < 4.78 is 4.71. The summed E-state index contributed by atoms with van der Waals surface area (Å²) in [5.41, 5.74) is 3.96. The number of ether oxygens (including phenoxy) is 1. The topological polar surface area (TPSA) is 108 Å². The van der Waals surface area contributed by atoms with Crippen molar-refractivity contribution in [3.8, 4) is 0 Å². The van der Waals surface area contributed by atoms with Crippen LogP contribution in [0.25, 0.3) is 11.0 Å². The van der Waals surface area contributed by atoms with Gasteiger partial charge in [0.25, 0.3) is 5.91 Å². The molecule has 1 aliphatic rings. The number of aromatic nitrogens is 2. The van der Waals surface area contributed by atoms with E-state index in [-0.39, 0.29) is 18.2 Å². The molecule has 0 spiro atoms.